The summed E-state index contributed by atoms with van der Waals surface area (Å²) in [6.45, 7) is 1.52. The third-order valence-electron chi connectivity index (χ3n) is 5.11. The lowest BCUT2D eigenvalue weighted by atomic mass is 9.97. The molecule has 7 nitrogen and oxygen atoms in total. The molecule has 0 aliphatic carbocycles. The molecule has 2 aromatic carbocycles. The van der Waals surface area contributed by atoms with E-state index in [1.165, 1.54) is 0 Å². The Balaban J connectivity index is 1.45. The summed E-state index contributed by atoms with van der Waals surface area (Å²) in [5.74, 6) is 0.723. The number of nitrogens with zero attached hydrogens (tertiary/aromatic N) is 1. The van der Waals surface area contributed by atoms with Gasteiger partial charge in [-0.15, -0.1) is 0 Å². The molecule has 0 bridgehead atoms. The van der Waals surface area contributed by atoms with Crippen LogP contribution < -0.4 is 14.8 Å². The van der Waals surface area contributed by atoms with Crippen LogP contribution in [0.1, 0.15) is 18.4 Å². The summed E-state index contributed by atoms with van der Waals surface area (Å²) in [6.07, 6.45) is 1.48. The van der Waals surface area contributed by atoms with E-state index in [1.807, 2.05) is 12.1 Å². The van der Waals surface area contributed by atoms with Gasteiger partial charge in [0, 0.05) is 24.7 Å². The number of amides is 2. The predicted molar refractivity (Wildman–Crippen MR) is 118 cm³/mol. The molecule has 9 heteroatoms. The summed E-state index contributed by atoms with van der Waals surface area (Å²) in [4.78, 5) is 14.3. The van der Waals surface area contributed by atoms with Gasteiger partial charge in [0.15, 0.2) is 0 Å². The molecule has 2 N–H and O–H groups in total. The van der Waals surface area contributed by atoms with Crippen molar-refractivity contribution < 1.29 is 17.9 Å². The van der Waals surface area contributed by atoms with Crippen LogP contribution in [0.3, 0.4) is 0 Å². The molecule has 30 heavy (non-hydrogen) atoms. The fourth-order valence-electron chi connectivity index (χ4n) is 3.38. The smallest absolute Gasteiger partial charge is 0.321 e. The minimum absolute atomic E-state index is 0.0790. The second-order valence-corrected chi connectivity index (χ2v) is 9.54. The maximum atomic E-state index is 12.5. The number of carbonyl (C=O) groups is 1. The van der Waals surface area contributed by atoms with Gasteiger partial charge in [0.05, 0.1) is 18.6 Å². The molecule has 0 spiro atoms. The molecule has 2 aromatic rings. The molecule has 1 heterocycles. The minimum atomic E-state index is -3.42. The predicted octanol–water partition coefficient (Wildman–Crippen LogP) is 3.71. The molecular weight excluding hydrogens is 426 g/mol. The van der Waals surface area contributed by atoms with Crippen LogP contribution >= 0.6 is 11.6 Å². The van der Waals surface area contributed by atoms with Crippen LogP contribution in [0.4, 0.5) is 10.5 Å². The van der Waals surface area contributed by atoms with E-state index >= 15 is 0 Å². The maximum absolute atomic E-state index is 12.5. The van der Waals surface area contributed by atoms with Gasteiger partial charge >= 0.3 is 6.03 Å². The second kappa shape index (κ2) is 10.1. The standard InChI is InChI=1S/C21H26ClN3O4S/c1-29-20-5-3-2-4-19(20)24-21(26)25-12-10-16(11-13-25)14-23-30(27,28)15-17-6-8-18(22)9-7-17/h2-9,16,23H,10-15H2,1H3,(H,24,26). The van der Waals surface area contributed by atoms with E-state index in [2.05, 4.69) is 10.0 Å². The highest BCUT2D eigenvalue weighted by Gasteiger charge is 2.24. The first-order valence-electron chi connectivity index (χ1n) is 9.77. The first kappa shape index (κ1) is 22.4. The van der Waals surface area contributed by atoms with Crippen molar-refractivity contribution in [3.8, 4) is 5.75 Å². The van der Waals surface area contributed by atoms with Crippen LogP contribution in [0.25, 0.3) is 0 Å². The molecule has 162 valence electrons. The Hall–Kier alpha value is -2.29. The molecule has 0 radical (unpaired) electrons. The monoisotopic (exact) mass is 451 g/mol. The summed E-state index contributed by atoms with van der Waals surface area (Å²) >= 11 is 5.84. The van der Waals surface area contributed by atoms with Gasteiger partial charge in [-0.25, -0.2) is 17.9 Å². The molecule has 1 aliphatic rings. The van der Waals surface area contributed by atoms with Gasteiger partial charge in [-0.1, -0.05) is 35.9 Å². The average molecular weight is 452 g/mol. The van der Waals surface area contributed by atoms with Gasteiger partial charge in [0.25, 0.3) is 0 Å². The number of anilines is 1. The fraction of sp³-hybridized carbons (Fsp3) is 0.381. The molecule has 0 atom stereocenters. The third kappa shape index (κ3) is 6.35. The van der Waals surface area contributed by atoms with Crippen LogP contribution in [0.5, 0.6) is 5.75 Å². The summed E-state index contributed by atoms with van der Waals surface area (Å²) in [7, 11) is -1.86. The normalized spacial score (nSPS) is 15.1. The van der Waals surface area contributed by atoms with Crippen molar-refractivity contribution in [2.24, 2.45) is 5.92 Å². The van der Waals surface area contributed by atoms with Gasteiger partial charge in [-0.3, -0.25) is 0 Å². The number of urea groups is 1. The van der Waals surface area contributed by atoms with Gasteiger partial charge in [-0.2, -0.15) is 0 Å². The number of nitrogens with one attached hydrogen (secondary N) is 2. The molecule has 1 saturated heterocycles. The van der Waals surface area contributed by atoms with E-state index in [1.54, 1.807) is 48.4 Å². The molecule has 1 fully saturated rings. The van der Waals surface area contributed by atoms with Crippen LogP contribution in [-0.2, 0) is 15.8 Å². The van der Waals surface area contributed by atoms with Crippen molar-refractivity contribution in [3.63, 3.8) is 0 Å². The number of carbonyl (C=O) groups excluding carboxylic acids is 1. The summed E-state index contributed by atoms with van der Waals surface area (Å²) in [5, 5.41) is 3.45. The van der Waals surface area contributed by atoms with E-state index in [0.29, 0.717) is 41.7 Å². The van der Waals surface area contributed by atoms with Crippen molar-refractivity contribution in [3.05, 3.63) is 59.1 Å². The number of piperidine rings is 1. The number of hydrogen-bond acceptors (Lipinski definition) is 4. The molecule has 0 unspecified atom stereocenters. The lowest BCUT2D eigenvalue weighted by molar-refractivity contribution is 0.183. The van der Waals surface area contributed by atoms with Gasteiger partial charge in [-0.05, 0) is 48.6 Å². The van der Waals surface area contributed by atoms with E-state index in [0.717, 1.165) is 12.8 Å². The number of hydrogen-bond donors (Lipinski definition) is 2. The number of rotatable bonds is 7. The Morgan fingerprint density at radius 2 is 1.80 bits per heavy atom. The number of likely N-dealkylation sites (tertiary alicyclic amines) is 1. The Labute approximate surface area is 182 Å². The first-order chi connectivity index (χ1) is 14.4. The van der Waals surface area contributed by atoms with Crippen molar-refractivity contribution in [2.45, 2.75) is 18.6 Å². The molecular formula is C21H26ClN3O4S. The first-order valence-corrected chi connectivity index (χ1v) is 11.8. The number of para-hydroxylation sites is 2. The van der Waals surface area contributed by atoms with Gasteiger partial charge < -0.3 is 15.0 Å². The zero-order valence-electron chi connectivity index (χ0n) is 16.8. The molecule has 1 aliphatic heterocycles. The third-order valence-corrected chi connectivity index (χ3v) is 6.68. The quantitative estimate of drug-likeness (QED) is 0.671. The van der Waals surface area contributed by atoms with E-state index in [9.17, 15) is 13.2 Å². The van der Waals surface area contributed by atoms with Crippen LogP contribution in [0.15, 0.2) is 48.5 Å². The topological polar surface area (TPSA) is 87.7 Å². The van der Waals surface area contributed by atoms with Crippen molar-refractivity contribution in [2.75, 3.05) is 32.1 Å². The Bertz CT molecular complexity index is 958. The lowest BCUT2D eigenvalue weighted by Gasteiger charge is -2.32. The van der Waals surface area contributed by atoms with E-state index in [4.69, 9.17) is 16.3 Å². The van der Waals surface area contributed by atoms with Crippen molar-refractivity contribution in [1.82, 2.24) is 9.62 Å². The highest BCUT2D eigenvalue weighted by molar-refractivity contribution is 7.88. The van der Waals surface area contributed by atoms with Crippen LogP contribution in [-0.4, -0.2) is 46.1 Å². The number of sulfonamides is 1. The molecule has 0 aromatic heterocycles. The highest BCUT2D eigenvalue weighted by atomic mass is 35.5. The zero-order valence-corrected chi connectivity index (χ0v) is 18.4. The van der Waals surface area contributed by atoms with Crippen LogP contribution in [0.2, 0.25) is 5.02 Å². The Morgan fingerprint density at radius 1 is 1.13 bits per heavy atom. The Morgan fingerprint density at radius 3 is 2.47 bits per heavy atom. The maximum Gasteiger partial charge on any atom is 0.321 e. The largest absolute Gasteiger partial charge is 0.495 e. The van der Waals surface area contributed by atoms with Gasteiger partial charge in [0.2, 0.25) is 10.0 Å². The molecule has 3 rings (SSSR count). The number of halogens is 1. The lowest BCUT2D eigenvalue weighted by Crippen LogP contribution is -2.43. The van der Waals surface area contributed by atoms with Crippen molar-refractivity contribution in [1.29, 1.82) is 0 Å². The highest BCUT2D eigenvalue weighted by Crippen LogP contribution is 2.24. The van der Waals surface area contributed by atoms with Crippen molar-refractivity contribution >= 4 is 33.3 Å². The summed E-state index contributed by atoms with van der Waals surface area (Å²) in [5.41, 5.74) is 1.32. The van der Waals surface area contributed by atoms with Gasteiger partial charge in [0.1, 0.15) is 5.75 Å². The Kier molecular flexibility index (Phi) is 7.58. The summed E-state index contributed by atoms with van der Waals surface area (Å²) in [6, 6.07) is 13.9. The number of ether oxygens (including phenoxy) is 1. The number of benzene rings is 2. The van der Waals surface area contributed by atoms with Crippen LogP contribution in [0, 0.1) is 5.92 Å². The fourth-order valence-corrected chi connectivity index (χ4v) is 4.73. The SMILES string of the molecule is COc1ccccc1NC(=O)N1CCC(CNS(=O)(=O)Cc2ccc(Cl)cc2)CC1. The van der Waals surface area contributed by atoms with E-state index in [-0.39, 0.29) is 17.7 Å². The molecule has 0 saturated carbocycles. The number of methoxy groups -OCH3 is 1. The van der Waals surface area contributed by atoms with E-state index < -0.39 is 10.0 Å². The summed E-state index contributed by atoms with van der Waals surface area (Å²) < 4.78 is 32.6. The minimum Gasteiger partial charge on any atom is -0.495 e. The zero-order chi connectivity index (χ0) is 21.6. The average Bonchev–Trinajstić information content (AvgIpc) is 2.74. The second-order valence-electron chi connectivity index (χ2n) is 7.29. The molecule has 2 amide bonds.